The van der Waals surface area contributed by atoms with E-state index in [1.807, 2.05) is 18.2 Å². The number of methoxy groups -OCH3 is 1. The van der Waals surface area contributed by atoms with Crippen LogP contribution < -0.4 is 20.2 Å². The quantitative estimate of drug-likeness (QED) is 0.256. The molecule has 0 saturated heterocycles. The first-order valence-corrected chi connectivity index (χ1v) is 10.0. The number of pyridine rings is 1. The molecule has 1 heterocycles. The van der Waals surface area contributed by atoms with Crippen molar-refractivity contribution in [2.75, 3.05) is 24.5 Å². The maximum absolute atomic E-state index is 12.1. The summed E-state index contributed by atoms with van der Waals surface area (Å²) in [5.41, 5.74) is 3.64. The van der Waals surface area contributed by atoms with Gasteiger partial charge in [-0.25, -0.2) is 4.98 Å². The minimum atomic E-state index is -0.551. The minimum Gasteiger partial charge on any atom is -0.493 e. The van der Waals surface area contributed by atoms with Crippen molar-refractivity contribution in [3.8, 4) is 11.5 Å². The number of hydrogen-bond donors (Lipinski definition) is 2. The fourth-order valence-electron chi connectivity index (χ4n) is 2.61. The molecule has 0 saturated carbocycles. The summed E-state index contributed by atoms with van der Waals surface area (Å²) in [5.74, 6) is 0.416. The van der Waals surface area contributed by atoms with Crippen LogP contribution >= 0.6 is 15.9 Å². The van der Waals surface area contributed by atoms with Crippen LogP contribution in [0.3, 0.4) is 0 Å². The molecule has 3 rings (SSSR count). The van der Waals surface area contributed by atoms with Gasteiger partial charge in [0, 0.05) is 18.0 Å². The average molecular weight is 500 g/mol. The molecule has 0 aliphatic carbocycles. The standard InChI is InChI=1S/C21H18BrN5O5/c1-31-18-11-14(12-24-26-21-17(27(29)30)8-5-9-23-21)10-16(22)20(18)32-13-19(28)25-15-6-3-2-4-7-15/h2-12H,13H2,1H3,(H,23,26)(H,25,28)/b24-12-. The topological polar surface area (TPSA) is 128 Å². The molecule has 0 unspecified atom stereocenters. The number of para-hydroxylation sites is 1. The lowest BCUT2D eigenvalue weighted by Gasteiger charge is -2.13. The maximum atomic E-state index is 12.1. The zero-order chi connectivity index (χ0) is 22.9. The first kappa shape index (κ1) is 22.7. The number of ether oxygens (including phenoxy) is 2. The molecular weight excluding hydrogens is 482 g/mol. The molecule has 11 heteroatoms. The van der Waals surface area contributed by atoms with E-state index in [4.69, 9.17) is 9.47 Å². The number of carbonyl (C=O) groups is 1. The van der Waals surface area contributed by atoms with Crippen molar-refractivity contribution in [1.29, 1.82) is 0 Å². The van der Waals surface area contributed by atoms with Gasteiger partial charge in [-0.3, -0.25) is 20.3 Å². The first-order chi connectivity index (χ1) is 15.5. The van der Waals surface area contributed by atoms with E-state index in [0.29, 0.717) is 27.2 Å². The number of rotatable bonds is 9. The first-order valence-electron chi connectivity index (χ1n) is 9.21. The van der Waals surface area contributed by atoms with Crippen molar-refractivity contribution in [2.24, 2.45) is 5.10 Å². The Balaban J connectivity index is 1.67. The zero-order valence-electron chi connectivity index (χ0n) is 16.8. The highest BCUT2D eigenvalue weighted by Gasteiger charge is 2.15. The number of amides is 1. The summed E-state index contributed by atoms with van der Waals surface area (Å²) in [6, 6.07) is 15.2. The van der Waals surface area contributed by atoms with E-state index in [0.717, 1.165) is 0 Å². The second-order valence-electron chi connectivity index (χ2n) is 6.24. The Morgan fingerprint density at radius 1 is 1.25 bits per heavy atom. The van der Waals surface area contributed by atoms with Crippen LogP contribution in [0.2, 0.25) is 0 Å². The van der Waals surface area contributed by atoms with Gasteiger partial charge in [-0.15, -0.1) is 0 Å². The van der Waals surface area contributed by atoms with Gasteiger partial charge in [0.1, 0.15) is 0 Å². The molecule has 32 heavy (non-hydrogen) atoms. The Labute approximate surface area is 191 Å². The van der Waals surface area contributed by atoms with Gasteiger partial charge in [0.15, 0.2) is 18.1 Å². The second kappa shape index (κ2) is 10.9. The number of benzene rings is 2. The van der Waals surface area contributed by atoms with Crippen LogP contribution in [-0.4, -0.2) is 35.7 Å². The van der Waals surface area contributed by atoms with Crippen molar-refractivity contribution in [3.05, 3.63) is 80.9 Å². The largest absolute Gasteiger partial charge is 0.493 e. The number of nitro groups is 1. The molecule has 2 aromatic carbocycles. The van der Waals surface area contributed by atoms with E-state index in [9.17, 15) is 14.9 Å². The Morgan fingerprint density at radius 3 is 2.75 bits per heavy atom. The Kier molecular flexibility index (Phi) is 7.70. The lowest BCUT2D eigenvalue weighted by Crippen LogP contribution is -2.20. The second-order valence-corrected chi connectivity index (χ2v) is 7.09. The van der Waals surface area contributed by atoms with Crippen molar-refractivity contribution < 1.29 is 19.2 Å². The zero-order valence-corrected chi connectivity index (χ0v) is 18.4. The molecule has 2 N–H and O–H groups in total. The third kappa shape index (κ3) is 6.01. The monoisotopic (exact) mass is 499 g/mol. The van der Waals surface area contributed by atoms with Gasteiger partial charge in [0.25, 0.3) is 5.91 Å². The van der Waals surface area contributed by atoms with E-state index >= 15 is 0 Å². The fourth-order valence-corrected chi connectivity index (χ4v) is 3.18. The highest BCUT2D eigenvalue weighted by Crippen LogP contribution is 2.36. The number of aromatic nitrogens is 1. The van der Waals surface area contributed by atoms with E-state index < -0.39 is 4.92 Å². The molecule has 0 bridgehead atoms. The van der Waals surface area contributed by atoms with Gasteiger partial charge in [0.2, 0.25) is 5.82 Å². The van der Waals surface area contributed by atoms with Crippen LogP contribution in [0.4, 0.5) is 17.2 Å². The van der Waals surface area contributed by atoms with Crippen LogP contribution in [0.5, 0.6) is 11.5 Å². The Hall–Kier alpha value is -3.99. The van der Waals surface area contributed by atoms with Gasteiger partial charge in [-0.2, -0.15) is 5.10 Å². The van der Waals surface area contributed by atoms with Crippen LogP contribution in [0.25, 0.3) is 0 Å². The number of carbonyl (C=O) groups excluding carboxylic acids is 1. The summed E-state index contributed by atoms with van der Waals surface area (Å²) in [4.78, 5) is 26.5. The number of hydrazone groups is 1. The molecule has 0 radical (unpaired) electrons. The lowest BCUT2D eigenvalue weighted by molar-refractivity contribution is -0.384. The van der Waals surface area contributed by atoms with Gasteiger partial charge >= 0.3 is 5.69 Å². The van der Waals surface area contributed by atoms with Crippen molar-refractivity contribution >= 4 is 45.2 Å². The highest BCUT2D eigenvalue weighted by molar-refractivity contribution is 9.10. The number of nitrogens with one attached hydrogen (secondary N) is 2. The SMILES string of the molecule is COc1cc(/C=N\Nc2ncccc2[N+](=O)[O-])cc(Br)c1OCC(=O)Nc1ccccc1. The summed E-state index contributed by atoms with van der Waals surface area (Å²) in [5, 5.41) is 17.8. The van der Waals surface area contributed by atoms with E-state index in [1.165, 1.54) is 31.7 Å². The van der Waals surface area contributed by atoms with Crippen LogP contribution in [-0.2, 0) is 4.79 Å². The molecule has 3 aromatic rings. The summed E-state index contributed by atoms with van der Waals surface area (Å²) in [6.07, 6.45) is 2.86. The molecule has 1 amide bonds. The summed E-state index contributed by atoms with van der Waals surface area (Å²) < 4.78 is 11.5. The molecule has 0 spiro atoms. The van der Waals surface area contributed by atoms with Crippen molar-refractivity contribution in [1.82, 2.24) is 4.98 Å². The van der Waals surface area contributed by atoms with Gasteiger partial charge in [0.05, 0.1) is 22.7 Å². The maximum Gasteiger partial charge on any atom is 0.313 e. The molecule has 1 aromatic heterocycles. The Bertz CT molecular complexity index is 1140. The van der Waals surface area contributed by atoms with Gasteiger partial charge in [-0.05, 0) is 51.8 Å². The molecule has 0 aliphatic heterocycles. The third-order valence-corrected chi connectivity index (χ3v) is 4.61. The average Bonchev–Trinajstić information content (AvgIpc) is 2.79. The normalized spacial score (nSPS) is 10.6. The van der Waals surface area contributed by atoms with Crippen molar-refractivity contribution in [2.45, 2.75) is 0 Å². The number of anilines is 2. The highest BCUT2D eigenvalue weighted by atomic mass is 79.9. The summed E-state index contributed by atoms with van der Waals surface area (Å²) in [7, 11) is 1.47. The number of nitrogens with zero attached hydrogens (tertiary/aromatic N) is 3. The molecule has 164 valence electrons. The predicted molar refractivity (Wildman–Crippen MR) is 123 cm³/mol. The molecule has 0 atom stereocenters. The number of hydrogen-bond acceptors (Lipinski definition) is 8. The van der Waals surface area contributed by atoms with E-state index in [1.54, 1.807) is 24.3 Å². The van der Waals surface area contributed by atoms with Gasteiger partial charge in [-0.1, -0.05) is 18.2 Å². The lowest BCUT2D eigenvalue weighted by atomic mass is 10.2. The van der Waals surface area contributed by atoms with Crippen LogP contribution in [0.15, 0.2) is 70.4 Å². The molecule has 10 nitrogen and oxygen atoms in total. The molecule has 0 aliphatic rings. The fraction of sp³-hybridized carbons (Fsp3) is 0.0952. The van der Waals surface area contributed by atoms with Crippen LogP contribution in [0, 0.1) is 10.1 Å². The molecular formula is C21H18BrN5O5. The minimum absolute atomic E-state index is 0.0177. The van der Waals surface area contributed by atoms with E-state index in [-0.39, 0.29) is 24.0 Å². The smallest absolute Gasteiger partial charge is 0.313 e. The molecule has 0 fully saturated rings. The van der Waals surface area contributed by atoms with E-state index in [2.05, 4.69) is 36.8 Å². The predicted octanol–water partition coefficient (Wildman–Crippen LogP) is 4.22. The Morgan fingerprint density at radius 2 is 2.03 bits per heavy atom. The van der Waals surface area contributed by atoms with Crippen molar-refractivity contribution in [3.63, 3.8) is 0 Å². The van der Waals surface area contributed by atoms with Crippen LogP contribution in [0.1, 0.15) is 5.56 Å². The summed E-state index contributed by atoms with van der Waals surface area (Å²) >= 11 is 3.40. The van der Waals surface area contributed by atoms with Gasteiger partial charge < -0.3 is 14.8 Å². The third-order valence-electron chi connectivity index (χ3n) is 4.02. The summed E-state index contributed by atoms with van der Waals surface area (Å²) in [6.45, 7) is -0.220. The number of halogens is 1.